The van der Waals surface area contributed by atoms with E-state index in [1.54, 1.807) is 0 Å². The second kappa shape index (κ2) is 13.7. The lowest BCUT2D eigenvalue weighted by Gasteiger charge is -2.31. The number of esters is 2. The van der Waals surface area contributed by atoms with Gasteiger partial charge < -0.3 is 24.3 Å². The average Bonchev–Trinajstić information content (AvgIpc) is 2.93. The van der Waals surface area contributed by atoms with Crippen molar-refractivity contribution < 1.29 is 33.3 Å². The number of hydrogen-bond donors (Lipinski definition) is 1. The van der Waals surface area contributed by atoms with Crippen LogP contribution in [0.3, 0.4) is 0 Å². The van der Waals surface area contributed by atoms with Crippen LogP contribution in [0.25, 0.3) is 0 Å². The Kier molecular flexibility index (Phi) is 10.4. The number of aromatic nitrogens is 1. The summed E-state index contributed by atoms with van der Waals surface area (Å²) in [7, 11) is 1.39. The van der Waals surface area contributed by atoms with Gasteiger partial charge in [0.1, 0.15) is 12.1 Å². The quantitative estimate of drug-likeness (QED) is 0.504. The van der Waals surface area contributed by atoms with Crippen LogP contribution in [0.5, 0.6) is 11.5 Å². The lowest BCUT2D eigenvalue weighted by atomic mass is 9.87. The van der Waals surface area contributed by atoms with Crippen LogP contribution in [0.15, 0.2) is 42.6 Å². The minimum atomic E-state index is -0.893. The average molecular weight is 513 g/mol. The second-order valence-electron chi connectivity index (χ2n) is 9.15. The molecule has 9 heteroatoms. The fourth-order valence-electron chi connectivity index (χ4n) is 4.52. The van der Waals surface area contributed by atoms with Crippen molar-refractivity contribution in [3.8, 4) is 11.5 Å². The molecule has 0 radical (unpaired) electrons. The zero-order chi connectivity index (χ0) is 26.8. The molecule has 1 aliphatic rings. The molecule has 0 spiro atoms. The Balaban J connectivity index is 1.80. The number of nitrogens with one attached hydrogen (secondary N) is 1. The van der Waals surface area contributed by atoms with Crippen molar-refractivity contribution >= 4 is 17.8 Å². The smallest absolute Gasteiger partial charge is 0.328 e. The molecule has 1 aromatic heterocycles. The van der Waals surface area contributed by atoms with Crippen LogP contribution in [0.1, 0.15) is 62.5 Å². The molecule has 1 amide bonds. The van der Waals surface area contributed by atoms with Crippen LogP contribution < -0.4 is 14.8 Å². The van der Waals surface area contributed by atoms with Gasteiger partial charge in [-0.2, -0.15) is 0 Å². The van der Waals surface area contributed by atoms with Crippen LogP contribution in [0.2, 0.25) is 0 Å². The summed E-state index contributed by atoms with van der Waals surface area (Å²) in [6.45, 7) is 5.78. The summed E-state index contributed by atoms with van der Waals surface area (Å²) in [5.41, 5.74) is 0.994. The third-order valence-electron chi connectivity index (χ3n) is 6.35. The number of nitrogens with zero attached hydrogens (tertiary/aromatic N) is 1. The molecule has 1 N–H and O–H groups in total. The summed E-state index contributed by atoms with van der Waals surface area (Å²) in [5.74, 6) is -1.77. The first-order chi connectivity index (χ1) is 17.8. The fourth-order valence-corrected chi connectivity index (χ4v) is 4.52. The van der Waals surface area contributed by atoms with E-state index < -0.39 is 30.0 Å². The number of cyclic esters (lactones) is 1. The first-order valence-electron chi connectivity index (χ1n) is 12.7. The number of methoxy groups -OCH3 is 1. The Labute approximate surface area is 217 Å². The molecule has 0 unspecified atom stereocenters. The highest BCUT2D eigenvalue weighted by molar-refractivity contribution is 5.98. The van der Waals surface area contributed by atoms with Crippen LogP contribution >= 0.6 is 0 Å². The van der Waals surface area contributed by atoms with Gasteiger partial charge >= 0.3 is 11.9 Å². The molecule has 9 nitrogen and oxygen atoms in total. The van der Waals surface area contributed by atoms with Crippen LogP contribution in [0, 0.1) is 5.92 Å². The van der Waals surface area contributed by atoms with Gasteiger partial charge in [-0.05, 0) is 44.6 Å². The van der Waals surface area contributed by atoms with Gasteiger partial charge in [-0.15, -0.1) is 0 Å². The van der Waals surface area contributed by atoms with Crippen LogP contribution in [-0.4, -0.2) is 54.8 Å². The van der Waals surface area contributed by atoms with E-state index in [-0.39, 0.29) is 29.2 Å². The molecule has 4 atom stereocenters. The Hall–Kier alpha value is -3.46. The van der Waals surface area contributed by atoms with Gasteiger partial charge in [0, 0.05) is 31.7 Å². The van der Waals surface area contributed by atoms with E-state index in [1.807, 2.05) is 25.1 Å². The third-order valence-corrected chi connectivity index (χ3v) is 6.35. The Bertz CT molecular complexity index is 1060. The first-order valence-corrected chi connectivity index (χ1v) is 12.7. The second-order valence-corrected chi connectivity index (χ2v) is 9.15. The molecule has 37 heavy (non-hydrogen) atoms. The Morgan fingerprint density at radius 3 is 2.59 bits per heavy atom. The number of amides is 1. The highest BCUT2D eigenvalue weighted by Gasteiger charge is 2.35. The number of hydrogen-bond acceptors (Lipinski definition) is 8. The van der Waals surface area contributed by atoms with Gasteiger partial charge in [-0.3, -0.25) is 9.59 Å². The summed E-state index contributed by atoms with van der Waals surface area (Å²) in [6.07, 6.45) is 4.18. The van der Waals surface area contributed by atoms with Gasteiger partial charge in [0.25, 0.3) is 5.91 Å². The van der Waals surface area contributed by atoms with Gasteiger partial charge in [-0.1, -0.05) is 37.3 Å². The SMILES string of the molecule is CCCO[C@H]1CCC[C@H](NC(=O)c2nccc(OC)c2OC(C)=O)C(=O)O[C@@H](C)[C@@H]1Cc1ccccc1. The molecule has 2 heterocycles. The van der Waals surface area contributed by atoms with Crippen molar-refractivity contribution in [2.24, 2.45) is 5.92 Å². The number of rotatable bonds is 9. The summed E-state index contributed by atoms with van der Waals surface area (Å²) in [5, 5.41) is 2.72. The topological polar surface area (TPSA) is 113 Å². The lowest BCUT2D eigenvalue weighted by Crippen LogP contribution is -2.44. The number of carbonyl (C=O) groups is 3. The van der Waals surface area contributed by atoms with E-state index in [0.717, 1.165) is 18.4 Å². The van der Waals surface area contributed by atoms with Crippen molar-refractivity contribution in [1.82, 2.24) is 10.3 Å². The Morgan fingerprint density at radius 2 is 1.92 bits per heavy atom. The van der Waals surface area contributed by atoms with Gasteiger partial charge in [0.15, 0.2) is 11.4 Å². The number of carbonyl (C=O) groups excluding carboxylic acids is 3. The van der Waals surface area contributed by atoms with E-state index in [2.05, 4.69) is 29.4 Å². The molecule has 1 aromatic carbocycles. The molecule has 1 saturated heterocycles. The van der Waals surface area contributed by atoms with Gasteiger partial charge in [-0.25, -0.2) is 9.78 Å². The zero-order valence-electron chi connectivity index (χ0n) is 21.9. The van der Waals surface area contributed by atoms with Gasteiger partial charge in [0.2, 0.25) is 5.75 Å². The lowest BCUT2D eigenvalue weighted by molar-refractivity contribution is -0.155. The predicted molar refractivity (Wildman–Crippen MR) is 136 cm³/mol. The molecular weight excluding hydrogens is 476 g/mol. The van der Waals surface area contributed by atoms with Crippen molar-refractivity contribution in [2.45, 2.75) is 71.1 Å². The van der Waals surface area contributed by atoms with Crippen LogP contribution in [0.4, 0.5) is 0 Å². The van der Waals surface area contributed by atoms with Crippen molar-refractivity contribution in [3.05, 3.63) is 53.9 Å². The van der Waals surface area contributed by atoms with E-state index in [9.17, 15) is 14.4 Å². The van der Waals surface area contributed by atoms with E-state index >= 15 is 0 Å². The largest absolute Gasteiger partial charge is 0.493 e. The van der Waals surface area contributed by atoms with E-state index in [4.69, 9.17) is 18.9 Å². The maximum atomic E-state index is 13.2. The molecule has 2 aromatic rings. The fraction of sp³-hybridized carbons (Fsp3) is 0.500. The molecular formula is C28H36N2O7. The standard InChI is InChI=1S/C28H36N2O7/c1-5-16-35-23-13-9-12-22(28(33)36-18(2)21(23)17-20-10-7-6-8-11-20)30-27(32)25-26(37-19(3)31)24(34-4)14-15-29-25/h6-8,10-11,14-15,18,21-23H,5,9,12-13,16-17H2,1-4H3,(H,30,32)/t18-,21-,22-,23-/m0/s1. The maximum Gasteiger partial charge on any atom is 0.328 e. The minimum Gasteiger partial charge on any atom is -0.493 e. The zero-order valence-corrected chi connectivity index (χ0v) is 21.9. The van der Waals surface area contributed by atoms with Crippen molar-refractivity contribution in [1.29, 1.82) is 0 Å². The maximum absolute atomic E-state index is 13.2. The summed E-state index contributed by atoms with van der Waals surface area (Å²) in [6, 6.07) is 10.7. The van der Waals surface area contributed by atoms with E-state index in [1.165, 1.54) is 26.3 Å². The number of benzene rings is 1. The van der Waals surface area contributed by atoms with Crippen LogP contribution in [-0.2, 0) is 25.5 Å². The minimum absolute atomic E-state index is 0.0389. The third kappa shape index (κ3) is 7.76. The van der Waals surface area contributed by atoms with Crippen molar-refractivity contribution in [2.75, 3.05) is 13.7 Å². The predicted octanol–water partition coefficient (Wildman–Crippen LogP) is 3.88. The normalized spacial score (nSPS) is 22.1. The van der Waals surface area contributed by atoms with Crippen molar-refractivity contribution in [3.63, 3.8) is 0 Å². The summed E-state index contributed by atoms with van der Waals surface area (Å²) in [4.78, 5) is 42.0. The highest BCUT2D eigenvalue weighted by atomic mass is 16.6. The molecule has 0 saturated carbocycles. The molecule has 1 aliphatic heterocycles. The molecule has 0 aliphatic carbocycles. The van der Waals surface area contributed by atoms with Gasteiger partial charge in [0.05, 0.1) is 13.2 Å². The summed E-state index contributed by atoms with van der Waals surface area (Å²) >= 11 is 0. The van der Waals surface area contributed by atoms with E-state index in [0.29, 0.717) is 25.9 Å². The Morgan fingerprint density at radius 1 is 1.16 bits per heavy atom. The molecule has 200 valence electrons. The molecule has 3 rings (SSSR count). The first kappa shape index (κ1) is 28.1. The number of pyridine rings is 1. The highest BCUT2D eigenvalue weighted by Crippen LogP contribution is 2.31. The monoisotopic (exact) mass is 512 g/mol. The summed E-state index contributed by atoms with van der Waals surface area (Å²) < 4.78 is 22.5. The molecule has 0 bridgehead atoms. The number of ether oxygens (including phenoxy) is 4. The molecule has 1 fully saturated rings.